The molecule has 2 rings (SSSR count). The number of nitrogens with zero attached hydrogens (tertiary/aromatic N) is 1. The van der Waals surface area contributed by atoms with Gasteiger partial charge in [-0.25, -0.2) is 4.79 Å². The van der Waals surface area contributed by atoms with Crippen molar-refractivity contribution in [2.75, 3.05) is 19.6 Å². The van der Waals surface area contributed by atoms with E-state index in [9.17, 15) is 4.79 Å². The van der Waals surface area contributed by atoms with Crippen LogP contribution in [0.25, 0.3) is 0 Å². The molecule has 18 heavy (non-hydrogen) atoms. The van der Waals surface area contributed by atoms with E-state index in [-0.39, 0.29) is 12.1 Å². The number of likely N-dealkylation sites (tertiary alicyclic amines) is 1. The van der Waals surface area contributed by atoms with Crippen molar-refractivity contribution >= 4 is 6.09 Å². The van der Waals surface area contributed by atoms with Crippen molar-refractivity contribution in [3.63, 3.8) is 0 Å². The number of nitrogens with one attached hydrogen (secondary N) is 1. The lowest BCUT2D eigenvalue weighted by atomic mass is 10.1. The number of benzene rings is 1. The van der Waals surface area contributed by atoms with E-state index in [1.807, 2.05) is 18.2 Å². The lowest BCUT2D eigenvalue weighted by Gasteiger charge is -2.31. The van der Waals surface area contributed by atoms with Gasteiger partial charge in [-0.2, -0.15) is 0 Å². The molecule has 4 nitrogen and oxygen atoms in total. The summed E-state index contributed by atoms with van der Waals surface area (Å²) in [5.74, 6) is 0.582. The largest absolute Gasteiger partial charge is 0.412 e. The smallest absolute Gasteiger partial charge is 0.410 e. The summed E-state index contributed by atoms with van der Waals surface area (Å²) < 4.78 is 5.22. The van der Waals surface area contributed by atoms with Crippen LogP contribution in [0.15, 0.2) is 30.3 Å². The quantitative estimate of drug-likeness (QED) is 0.892. The number of amides is 1. The molecular formula is C14H20N2O2. The predicted octanol–water partition coefficient (Wildman–Crippen LogP) is 2.26. The zero-order chi connectivity index (χ0) is 12.8. The minimum absolute atomic E-state index is 0.204. The van der Waals surface area contributed by atoms with Gasteiger partial charge in [0.15, 0.2) is 0 Å². The summed E-state index contributed by atoms with van der Waals surface area (Å²) in [6, 6.07) is 9.35. The second kappa shape index (κ2) is 6.40. The van der Waals surface area contributed by atoms with E-state index < -0.39 is 0 Å². The first-order valence-corrected chi connectivity index (χ1v) is 6.53. The number of carbonyl (C=O) groups is 1. The van der Waals surface area contributed by atoms with Crippen LogP contribution in [-0.2, 0) is 0 Å². The van der Waals surface area contributed by atoms with Gasteiger partial charge in [-0.1, -0.05) is 25.1 Å². The fraction of sp³-hybridized carbons (Fsp3) is 0.500. The number of likely N-dealkylation sites (N-methyl/N-ethyl adjacent to an activating group) is 1. The normalized spacial score (nSPS) is 20.4. The Morgan fingerprint density at radius 3 is 2.94 bits per heavy atom. The van der Waals surface area contributed by atoms with Crippen LogP contribution in [0.1, 0.15) is 19.8 Å². The molecule has 4 heteroatoms. The zero-order valence-electron chi connectivity index (χ0n) is 10.8. The van der Waals surface area contributed by atoms with Gasteiger partial charge in [-0.05, 0) is 38.1 Å². The van der Waals surface area contributed by atoms with Gasteiger partial charge >= 0.3 is 6.09 Å². The van der Waals surface area contributed by atoms with E-state index in [0.29, 0.717) is 5.75 Å². The Balaban J connectivity index is 1.80. The van der Waals surface area contributed by atoms with E-state index in [2.05, 4.69) is 17.1 Å². The summed E-state index contributed by atoms with van der Waals surface area (Å²) in [4.78, 5) is 14.1. The first-order chi connectivity index (χ1) is 8.78. The topological polar surface area (TPSA) is 41.6 Å². The predicted molar refractivity (Wildman–Crippen MR) is 70.7 cm³/mol. The van der Waals surface area contributed by atoms with Gasteiger partial charge in [0.2, 0.25) is 0 Å². The first kappa shape index (κ1) is 12.9. The van der Waals surface area contributed by atoms with Gasteiger partial charge in [0.25, 0.3) is 0 Å². The van der Waals surface area contributed by atoms with Crippen molar-refractivity contribution in [2.24, 2.45) is 0 Å². The molecule has 0 aliphatic carbocycles. The highest BCUT2D eigenvalue weighted by Gasteiger charge is 2.20. The second-order valence-electron chi connectivity index (χ2n) is 4.58. The molecule has 1 saturated heterocycles. The number of carbonyl (C=O) groups excluding carboxylic acids is 1. The van der Waals surface area contributed by atoms with Crippen LogP contribution in [-0.4, -0.2) is 36.7 Å². The molecule has 0 bridgehead atoms. The molecule has 0 saturated carbocycles. The molecule has 0 aromatic heterocycles. The standard InChI is InChI=1S/C14H20N2O2/c1-2-16-10-6-7-12(11-16)15-14(17)18-13-8-4-3-5-9-13/h3-5,8-9,12H,2,6-7,10-11H2,1H3,(H,15,17). The Labute approximate surface area is 108 Å². The maximum atomic E-state index is 11.7. The lowest BCUT2D eigenvalue weighted by Crippen LogP contribution is -2.48. The summed E-state index contributed by atoms with van der Waals surface area (Å²) in [6.07, 6.45) is 1.80. The molecule has 0 radical (unpaired) electrons. The van der Waals surface area contributed by atoms with Gasteiger partial charge in [-0.3, -0.25) is 0 Å². The van der Waals surface area contributed by atoms with Crippen LogP contribution < -0.4 is 10.1 Å². The molecule has 1 amide bonds. The summed E-state index contributed by atoms with van der Waals surface area (Å²) in [5, 5.41) is 2.93. The Kier molecular flexibility index (Phi) is 4.59. The summed E-state index contributed by atoms with van der Waals surface area (Å²) in [6.45, 7) is 5.22. The van der Waals surface area contributed by atoms with Crippen LogP contribution in [0.3, 0.4) is 0 Å². The minimum Gasteiger partial charge on any atom is -0.410 e. The SMILES string of the molecule is CCN1CCCC(NC(=O)Oc2ccccc2)C1. The van der Waals surface area contributed by atoms with E-state index in [1.54, 1.807) is 12.1 Å². The Bertz CT molecular complexity index is 381. The summed E-state index contributed by atoms with van der Waals surface area (Å²) in [5.41, 5.74) is 0. The highest BCUT2D eigenvalue weighted by atomic mass is 16.6. The molecule has 1 atom stereocenters. The zero-order valence-corrected chi connectivity index (χ0v) is 10.8. The molecule has 1 aliphatic rings. The van der Waals surface area contributed by atoms with Crippen molar-refractivity contribution in [2.45, 2.75) is 25.8 Å². The van der Waals surface area contributed by atoms with Crippen LogP contribution in [0, 0.1) is 0 Å². The molecule has 1 N–H and O–H groups in total. The number of hydrogen-bond donors (Lipinski definition) is 1. The average Bonchev–Trinajstić information content (AvgIpc) is 2.40. The summed E-state index contributed by atoms with van der Waals surface area (Å²) >= 11 is 0. The third-order valence-electron chi connectivity index (χ3n) is 3.23. The Hall–Kier alpha value is -1.55. The number of hydrogen-bond acceptors (Lipinski definition) is 3. The number of para-hydroxylation sites is 1. The van der Waals surface area contributed by atoms with Crippen LogP contribution in [0.5, 0.6) is 5.75 Å². The number of piperidine rings is 1. The third-order valence-corrected chi connectivity index (χ3v) is 3.23. The molecule has 1 aromatic carbocycles. The molecule has 98 valence electrons. The highest BCUT2D eigenvalue weighted by molar-refractivity contribution is 5.70. The monoisotopic (exact) mass is 248 g/mol. The summed E-state index contributed by atoms with van der Waals surface area (Å²) in [7, 11) is 0. The van der Waals surface area contributed by atoms with Gasteiger partial charge < -0.3 is 15.0 Å². The van der Waals surface area contributed by atoms with Gasteiger partial charge in [0, 0.05) is 12.6 Å². The van der Waals surface area contributed by atoms with E-state index in [4.69, 9.17) is 4.74 Å². The lowest BCUT2D eigenvalue weighted by molar-refractivity contribution is 0.170. The Morgan fingerprint density at radius 1 is 1.44 bits per heavy atom. The fourth-order valence-corrected chi connectivity index (χ4v) is 2.25. The maximum Gasteiger partial charge on any atom is 0.412 e. The van der Waals surface area contributed by atoms with Gasteiger partial charge in [0.05, 0.1) is 0 Å². The van der Waals surface area contributed by atoms with Gasteiger partial charge in [-0.15, -0.1) is 0 Å². The first-order valence-electron chi connectivity index (χ1n) is 6.53. The number of rotatable bonds is 3. The van der Waals surface area contributed by atoms with Gasteiger partial charge in [0.1, 0.15) is 5.75 Å². The molecule has 1 aliphatic heterocycles. The van der Waals surface area contributed by atoms with E-state index >= 15 is 0 Å². The average molecular weight is 248 g/mol. The Morgan fingerprint density at radius 2 is 2.22 bits per heavy atom. The van der Waals surface area contributed by atoms with Crippen molar-refractivity contribution in [3.8, 4) is 5.75 Å². The number of ether oxygens (including phenoxy) is 1. The van der Waals surface area contributed by atoms with Crippen LogP contribution in [0.4, 0.5) is 4.79 Å². The van der Waals surface area contributed by atoms with Crippen molar-refractivity contribution in [1.82, 2.24) is 10.2 Å². The fourth-order valence-electron chi connectivity index (χ4n) is 2.25. The molecule has 1 fully saturated rings. The molecule has 1 heterocycles. The van der Waals surface area contributed by atoms with Crippen LogP contribution >= 0.6 is 0 Å². The van der Waals surface area contributed by atoms with E-state index in [0.717, 1.165) is 32.5 Å². The second-order valence-corrected chi connectivity index (χ2v) is 4.58. The van der Waals surface area contributed by atoms with Crippen LogP contribution in [0.2, 0.25) is 0 Å². The third kappa shape index (κ3) is 3.74. The van der Waals surface area contributed by atoms with Crippen molar-refractivity contribution < 1.29 is 9.53 Å². The van der Waals surface area contributed by atoms with Crippen molar-refractivity contribution in [3.05, 3.63) is 30.3 Å². The highest BCUT2D eigenvalue weighted by Crippen LogP contribution is 2.11. The molecule has 1 aromatic rings. The minimum atomic E-state index is -0.357. The van der Waals surface area contributed by atoms with Crippen molar-refractivity contribution in [1.29, 1.82) is 0 Å². The molecular weight excluding hydrogens is 228 g/mol. The maximum absolute atomic E-state index is 11.7. The molecule has 0 spiro atoms. The van der Waals surface area contributed by atoms with E-state index in [1.165, 1.54) is 0 Å². The molecule has 1 unspecified atom stereocenters.